The van der Waals surface area contributed by atoms with Gasteiger partial charge < -0.3 is 16.2 Å². The number of hydrogen-bond acceptors (Lipinski definition) is 3. The smallest absolute Gasteiger partial charge is 0.255 e. The average Bonchev–Trinajstić information content (AvgIpc) is 2.21. The summed E-state index contributed by atoms with van der Waals surface area (Å²) in [6, 6.07) is 5.02. The number of hydrogen-bond donors (Lipinski definition) is 3. The predicted octanol–water partition coefficient (Wildman–Crippen LogP) is 1.11. The van der Waals surface area contributed by atoms with Crippen molar-refractivity contribution >= 4 is 23.1 Å². The number of nitrogens with one attached hydrogen (secondary N) is 1. The summed E-state index contributed by atoms with van der Waals surface area (Å²) in [6.45, 7) is 2.11. The first-order chi connectivity index (χ1) is 7.52. The van der Waals surface area contributed by atoms with E-state index in [1.54, 1.807) is 25.1 Å². The van der Waals surface area contributed by atoms with Gasteiger partial charge in [-0.2, -0.15) is 0 Å². The molecule has 0 atom stereocenters. The summed E-state index contributed by atoms with van der Waals surface area (Å²) >= 11 is 4.69. The van der Waals surface area contributed by atoms with Crippen molar-refractivity contribution in [2.24, 2.45) is 5.73 Å². The third kappa shape index (κ3) is 3.20. The number of rotatable bonds is 4. The Hall–Kier alpha value is -1.62. The van der Waals surface area contributed by atoms with Gasteiger partial charge in [0.2, 0.25) is 0 Å². The molecular weight excluding hydrogens is 224 g/mol. The van der Waals surface area contributed by atoms with Crippen molar-refractivity contribution in [3.63, 3.8) is 0 Å². The van der Waals surface area contributed by atoms with Gasteiger partial charge in [-0.1, -0.05) is 24.4 Å². The zero-order valence-electron chi connectivity index (χ0n) is 8.99. The second kappa shape index (κ2) is 5.46. The van der Waals surface area contributed by atoms with Crippen molar-refractivity contribution in [1.29, 1.82) is 0 Å². The lowest BCUT2D eigenvalue weighted by atomic mass is 10.1. The van der Waals surface area contributed by atoms with Gasteiger partial charge in [0.25, 0.3) is 5.91 Å². The van der Waals surface area contributed by atoms with Crippen LogP contribution in [-0.4, -0.2) is 22.5 Å². The minimum absolute atomic E-state index is 0.00956. The van der Waals surface area contributed by atoms with Crippen molar-refractivity contribution in [2.45, 2.75) is 13.3 Å². The van der Waals surface area contributed by atoms with Gasteiger partial charge in [0.15, 0.2) is 0 Å². The Morgan fingerprint density at radius 3 is 2.88 bits per heavy atom. The maximum absolute atomic E-state index is 11.6. The highest BCUT2D eigenvalue weighted by molar-refractivity contribution is 7.80. The topological polar surface area (TPSA) is 75.4 Å². The van der Waals surface area contributed by atoms with Gasteiger partial charge in [0, 0.05) is 13.0 Å². The molecule has 0 heterocycles. The van der Waals surface area contributed by atoms with Crippen molar-refractivity contribution in [2.75, 3.05) is 6.54 Å². The molecule has 4 nitrogen and oxygen atoms in total. The fourth-order valence-electron chi connectivity index (χ4n) is 1.24. The molecule has 0 saturated carbocycles. The standard InChI is InChI=1S/C11H14N2O2S/c1-7-3-2-4-8(10(7)14)11(15)13-6-5-9(12)16/h2-4,14H,5-6H2,1H3,(H2,12,16)(H,13,15). The minimum atomic E-state index is -0.322. The highest BCUT2D eigenvalue weighted by Gasteiger charge is 2.11. The molecule has 1 aromatic carbocycles. The number of benzene rings is 1. The predicted molar refractivity (Wildman–Crippen MR) is 66.6 cm³/mol. The van der Waals surface area contributed by atoms with E-state index in [1.165, 1.54) is 0 Å². The molecule has 0 aromatic heterocycles. The van der Waals surface area contributed by atoms with E-state index in [0.29, 0.717) is 23.5 Å². The van der Waals surface area contributed by atoms with Crippen LogP contribution >= 0.6 is 12.2 Å². The van der Waals surface area contributed by atoms with Crippen molar-refractivity contribution < 1.29 is 9.90 Å². The molecule has 4 N–H and O–H groups in total. The van der Waals surface area contributed by atoms with Gasteiger partial charge in [0.05, 0.1) is 10.6 Å². The van der Waals surface area contributed by atoms with Crippen LogP contribution in [0.5, 0.6) is 5.75 Å². The number of aromatic hydroxyl groups is 1. The molecule has 0 aliphatic heterocycles. The van der Waals surface area contributed by atoms with Crippen LogP contribution in [0.4, 0.5) is 0 Å². The first-order valence-electron chi connectivity index (χ1n) is 4.87. The van der Waals surface area contributed by atoms with Gasteiger partial charge >= 0.3 is 0 Å². The highest BCUT2D eigenvalue weighted by atomic mass is 32.1. The number of para-hydroxylation sites is 1. The van der Waals surface area contributed by atoms with Crippen LogP contribution in [0.1, 0.15) is 22.3 Å². The highest BCUT2D eigenvalue weighted by Crippen LogP contribution is 2.20. The van der Waals surface area contributed by atoms with Gasteiger partial charge in [-0.15, -0.1) is 0 Å². The van der Waals surface area contributed by atoms with E-state index < -0.39 is 0 Å². The second-order valence-electron chi connectivity index (χ2n) is 3.44. The molecule has 1 rings (SSSR count). The number of aryl methyl sites for hydroxylation is 1. The minimum Gasteiger partial charge on any atom is -0.507 e. The van der Waals surface area contributed by atoms with Gasteiger partial charge in [-0.25, -0.2) is 0 Å². The van der Waals surface area contributed by atoms with E-state index in [1.807, 2.05) is 0 Å². The zero-order chi connectivity index (χ0) is 12.1. The molecule has 16 heavy (non-hydrogen) atoms. The lowest BCUT2D eigenvalue weighted by Gasteiger charge is -2.07. The molecule has 86 valence electrons. The number of amides is 1. The number of carbonyl (C=O) groups is 1. The fraction of sp³-hybridized carbons (Fsp3) is 0.273. The van der Waals surface area contributed by atoms with Gasteiger partial charge in [-0.3, -0.25) is 4.79 Å². The van der Waals surface area contributed by atoms with Crippen LogP contribution in [0.2, 0.25) is 0 Å². The van der Waals surface area contributed by atoms with E-state index in [0.717, 1.165) is 0 Å². The SMILES string of the molecule is Cc1cccc(C(=O)NCCC(N)=S)c1O. The molecule has 0 saturated heterocycles. The van der Waals surface area contributed by atoms with E-state index in [2.05, 4.69) is 17.5 Å². The molecule has 0 fully saturated rings. The molecule has 0 radical (unpaired) electrons. The Kier molecular flexibility index (Phi) is 4.25. The van der Waals surface area contributed by atoms with Crippen LogP contribution in [0.3, 0.4) is 0 Å². The molecule has 1 amide bonds. The number of nitrogens with two attached hydrogens (primary N) is 1. The third-order valence-electron chi connectivity index (χ3n) is 2.14. The molecule has 0 aliphatic rings. The molecule has 0 unspecified atom stereocenters. The quantitative estimate of drug-likeness (QED) is 0.687. The van der Waals surface area contributed by atoms with E-state index in [4.69, 9.17) is 5.73 Å². The number of carbonyl (C=O) groups excluding carboxylic acids is 1. The monoisotopic (exact) mass is 238 g/mol. The fourth-order valence-corrected chi connectivity index (χ4v) is 1.34. The summed E-state index contributed by atoms with van der Waals surface area (Å²) in [6.07, 6.45) is 0.452. The summed E-state index contributed by atoms with van der Waals surface area (Å²) < 4.78 is 0. The first kappa shape index (κ1) is 12.4. The lowest BCUT2D eigenvalue weighted by Crippen LogP contribution is -2.27. The second-order valence-corrected chi connectivity index (χ2v) is 3.97. The summed E-state index contributed by atoms with van der Waals surface area (Å²) in [4.78, 5) is 12.0. The Morgan fingerprint density at radius 2 is 2.25 bits per heavy atom. The Balaban J connectivity index is 2.66. The van der Waals surface area contributed by atoms with Crippen LogP contribution in [0, 0.1) is 6.92 Å². The van der Waals surface area contributed by atoms with Crippen molar-refractivity contribution in [3.05, 3.63) is 29.3 Å². The van der Waals surface area contributed by atoms with Crippen LogP contribution < -0.4 is 11.1 Å². The molecule has 0 aliphatic carbocycles. The summed E-state index contributed by atoms with van der Waals surface area (Å²) in [5, 5.41) is 12.3. The van der Waals surface area contributed by atoms with Crippen molar-refractivity contribution in [1.82, 2.24) is 5.32 Å². The molecule has 5 heteroatoms. The van der Waals surface area contributed by atoms with Gasteiger partial charge in [-0.05, 0) is 18.6 Å². The number of thiocarbonyl (C=S) groups is 1. The Morgan fingerprint density at radius 1 is 1.56 bits per heavy atom. The van der Waals surface area contributed by atoms with E-state index in [9.17, 15) is 9.90 Å². The van der Waals surface area contributed by atoms with E-state index >= 15 is 0 Å². The third-order valence-corrected chi connectivity index (χ3v) is 2.34. The zero-order valence-corrected chi connectivity index (χ0v) is 9.80. The van der Waals surface area contributed by atoms with Crippen LogP contribution in [0.25, 0.3) is 0 Å². The average molecular weight is 238 g/mol. The summed E-state index contributed by atoms with van der Waals surface area (Å²) in [5.41, 5.74) is 6.24. The van der Waals surface area contributed by atoms with Gasteiger partial charge in [0.1, 0.15) is 5.75 Å². The first-order valence-corrected chi connectivity index (χ1v) is 5.28. The molecular formula is C11H14N2O2S. The largest absolute Gasteiger partial charge is 0.507 e. The number of phenolic OH excluding ortho intramolecular Hbond substituents is 1. The van der Waals surface area contributed by atoms with Crippen LogP contribution in [-0.2, 0) is 0 Å². The molecule has 0 spiro atoms. The maximum Gasteiger partial charge on any atom is 0.255 e. The maximum atomic E-state index is 11.6. The summed E-state index contributed by atoms with van der Waals surface area (Å²) in [5.74, 6) is -0.312. The Bertz CT molecular complexity index is 418. The lowest BCUT2D eigenvalue weighted by molar-refractivity contribution is 0.0952. The summed E-state index contributed by atoms with van der Waals surface area (Å²) in [7, 11) is 0. The molecule has 1 aromatic rings. The molecule has 0 bridgehead atoms. The van der Waals surface area contributed by atoms with Crippen LogP contribution in [0.15, 0.2) is 18.2 Å². The Labute approximate surface area is 99.5 Å². The normalized spacial score (nSPS) is 9.81. The number of phenols is 1. The van der Waals surface area contributed by atoms with E-state index in [-0.39, 0.29) is 17.2 Å². The van der Waals surface area contributed by atoms with Crippen molar-refractivity contribution in [3.8, 4) is 5.75 Å².